The van der Waals surface area contributed by atoms with Crippen molar-refractivity contribution < 1.29 is 19.1 Å². The van der Waals surface area contributed by atoms with E-state index in [0.29, 0.717) is 22.6 Å². The van der Waals surface area contributed by atoms with Gasteiger partial charge in [-0.05, 0) is 43.3 Å². The summed E-state index contributed by atoms with van der Waals surface area (Å²) in [6.07, 6.45) is 0. The first kappa shape index (κ1) is 21.9. The number of fused-ring (bicyclic) bond motifs is 1. The lowest BCUT2D eigenvalue weighted by Gasteiger charge is -2.08. The smallest absolute Gasteiger partial charge is 0.337 e. The molecule has 0 saturated carbocycles. The summed E-state index contributed by atoms with van der Waals surface area (Å²) in [5.74, 6) is -1.71. The molecule has 0 unspecified atom stereocenters. The summed E-state index contributed by atoms with van der Waals surface area (Å²) < 4.78 is 5.79. The summed E-state index contributed by atoms with van der Waals surface area (Å²) in [4.78, 5) is 55.1. The fourth-order valence-corrected chi connectivity index (χ4v) is 4.22. The zero-order valence-electron chi connectivity index (χ0n) is 17.6. The molecule has 4 rings (SSSR count). The van der Waals surface area contributed by atoms with Crippen LogP contribution in [0.3, 0.4) is 0 Å². The third-order valence-electron chi connectivity index (χ3n) is 4.66. The second-order valence-corrected chi connectivity index (χ2v) is 7.95. The number of aryl methyl sites for hydroxylation is 1. The molecule has 0 aliphatic carbocycles. The number of anilines is 2. The largest absolute Gasteiger partial charge is 0.465 e. The Morgan fingerprint density at radius 2 is 1.58 bits per heavy atom. The molecule has 2 heterocycles. The van der Waals surface area contributed by atoms with Crippen molar-refractivity contribution in [2.75, 3.05) is 17.7 Å². The van der Waals surface area contributed by atoms with Crippen LogP contribution < -0.4 is 16.2 Å². The van der Waals surface area contributed by atoms with Crippen molar-refractivity contribution in [1.82, 2.24) is 9.38 Å². The van der Waals surface area contributed by atoms with Gasteiger partial charge in [-0.3, -0.25) is 14.4 Å². The molecule has 9 nitrogen and oxygen atoms in total. The third kappa shape index (κ3) is 4.51. The van der Waals surface area contributed by atoms with Gasteiger partial charge in [-0.25, -0.2) is 14.2 Å². The van der Waals surface area contributed by atoms with Crippen LogP contribution in [0.5, 0.6) is 0 Å². The van der Waals surface area contributed by atoms with Crippen molar-refractivity contribution >= 4 is 45.5 Å². The van der Waals surface area contributed by atoms with Crippen LogP contribution in [-0.4, -0.2) is 34.3 Å². The van der Waals surface area contributed by atoms with Gasteiger partial charge in [-0.1, -0.05) is 29.5 Å². The molecule has 33 heavy (non-hydrogen) atoms. The van der Waals surface area contributed by atoms with Gasteiger partial charge >= 0.3 is 5.97 Å². The summed E-state index contributed by atoms with van der Waals surface area (Å²) in [6.45, 7) is 1.66. The van der Waals surface area contributed by atoms with Gasteiger partial charge in [0.25, 0.3) is 17.4 Å². The van der Waals surface area contributed by atoms with Crippen LogP contribution in [-0.2, 0) is 4.74 Å². The summed E-state index contributed by atoms with van der Waals surface area (Å²) in [5.41, 5.74) is 1.14. The van der Waals surface area contributed by atoms with Gasteiger partial charge in [0.2, 0.25) is 0 Å². The van der Waals surface area contributed by atoms with Crippen molar-refractivity contribution in [2.24, 2.45) is 0 Å². The maximum Gasteiger partial charge on any atom is 0.337 e. The number of ether oxygens (including phenoxy) is 1. The van der Waals surface area contributed by atoms with Gasteiger partial charge in [-0.15, -0.1) is 0 Å². The molecule has 2 amide bonds. The van der Waals surface area contributed by atoms with Crippen LogP contribution >= 0.6 is 11.3 Å². The minimum Gasteiger partial charge on any atom is -0.465 e. The monoisotopic (exact) mass is 462 g/mol. The van der Waals surface area contributed by atoms with Crippen LogP contribution in [0.2, 0.25) is 0 Å². The predicted octanol–water partition coefficient (Wildman–Crippen LogP) is 3.36. The minimum absolute atomic E-state index is 0.0238. The van der Waals surface area contributed by atoms with Gasteiger partial charge in [0, 0.05) is 23.1 Å². The summed E-state index contributed by atoms with van der Waals surface area (Å²) >= 11 is 0.935. The number of amides is 2. The quantitative estimate of drug-likeness (QED) is 0.439. The normalized spacial score (nSPS) is 10.6. The number of thiazole rings is 1. The topological polar surface area (TPSA) is 119 Å². The molecule has 0 fully saturated rings. The van der Waals surface area contributed by atoms with Crippen LogP contribution in [0.4, 0.5) is 11.4 Å². The number of benzene rings is 2. The number of nitrogens with one attached hydrogen (secondary N) is 2. The molecular weight excluding hydrogens is 444 g/mol. The van der Waals surface area contributed by atoms with Crippen molar-refractivity contribution in [3.63, 3.8) is 0 Å². The highest BCUT2D eigenvalue weighted by Gasteiger charge is 2.26. The van der Waals surface area contributed by atoms with E-state index in [1.54, 1.807) is 37.3 Å². The van der Waals surface area contributed by atoms with Gasteiger partial charge in [-0.2, -0.15) is 0 Å². The van der Waals surface area contributed by atoms with Crippen molar-refractivity contribution in [1.29, 1.82) is 0 Å². The Hall–Kier alpha value is -4.31. The molecule has 2 aromatic carbocycles. The maximum atomic E-state index is 13.1. The number of hydrogen-bond acceptors (Lipinski definition) is 7. The van der Waals surface area contributed by atoms with Crippen LogP contribution in [0.15, 0.2) is 65.5 Å². The molecular formula is C23H18N4O5S. The minimum atomic E-state index is -0.619. The number of methoxy groups -OCH3 is 1. The molecule has 0 bridgehead atoms. The van der Waals surface area contributed by atoms with Gasteiger partial charge in [0.05, 0.1) is 12.7 Å². The number of para-hydroxylation sites is 1. The lowest BCUT2D eigenvalue weighted by atomic mass is 10.2. The molecule has 2 aromatic heterocycles. The van der Waals surface area contributed by atoms with E-state index in [-0.39, 0.29) is 15.5 Å². The van der Waals surface area contributed by atoms with E-state index in [0.717, 1.165) is 15.7 Å². The van der Waals surface area contributed by atoms with Gasteiger partial charge < -0.3 is 15.4 Å². The Kier molecular flexibility index (Phi) is 6.01. The van der Waals surface area contributed by atoms with E-state index in [4.69, 9.17) is 0 Å². The highest BCUT2D eigenvalue weighted by molar-refractivity contribution is 7.19. The molecule has 0 aliphatic heterocycles. The second-order valence-electron chi connectivity index (χ2n) is 6.98. The van der Waals surface area contributed by atoms with E-state index in [1.165, 1.54) is 37.4 Å². The molecule has 0 aliphatic rings. The van der Waals surface area contributed by atoms with Crippen molar-refractivity contribution in [3.05, 3.63) is 92.8 Å². The van der Waals surface area contributed by atoms with E-state index >= 15 is 0 Å². The van der Waals surface area contributed by atoms with E-state index in [9.17, 15) is 19.2 Å². The second kappa shape index (κ2) is 9.05. The molecule has 4 aromatic rings. The Labute approximate surface area is 191 Å². The summed E-state index contributed by atoms with van der Waals surface area (Å²) in [5, 5.41) is 5.41. The third-order valence-corrected chi connectivity index (χ3v) is 5.70. The first-order valence-corrected chi connectivity index (χ1v) is 10.6. The van der Waals surface area contributed by atoms with Crippen molar-refractivity contribution in [2.45, 2.75) is 6.92 Å². The van der Waals surface area contributed by atoms with E-state index in [1.807, 2.05) is 0 Å². The zero-order chi connectivity index (χ0) is 23.5. The summed E-state index contributed by atoms with van der Waals surface area (Å²) in [7, 11) is 1.28. The number of carbonyl (C=O) groups is 3. The number of nitrogens with zero attached hydrogens (tertiary/aromatic N) is 2. The van der Waals surface area contributed by atoms with Crippen LogP contribution in [0.25, 0.3) is 4.96 Å². The van der Waals surface area contributed by atoms with Gasteiger partial charge in [0.15, 0.2) is 4.96 Å². The van der Waals surface area contributed by atoms with E-state index in [2.05, 4.69) is 20.4 Å². The van der Waals surface area contributed by atoms with Crippen LogP contribution in [0, 0.1) is 6.92 Å². The molecule has 0 radical (unpaired) electrons. The van der Waals surface area contributed by atoms with E-state index < -0.39 is 23.3 Å². The zero-order valence-corrected chi connectivity index (χ0v) is 18.4. The molecule has 0 atom stereocenters. The molecule has 0 saturated heterocycles. The molecule has 166 valence electrons. The number of esters is 1. The lowest BCUT2D eigenvalue weighted by Crippen LogP contribution is -2.25. The number of carbonyl (C=O) groups excluding carboxylic acids is 3. The predicted molar refractivity (Wildman–Crippen MR) is 124 cm³/mol. The summed E-state index contributed by atoms with van der Waals surface area (Å²) in [6, 6.07) is 16.1. The average molecular weight is 462 g/mol. The number of aromatic nitrogens is 2. The average Bonchev–Trinajstić information content (AvgIpc) is 3.20. The fraction of sp³-hybridized carbons (Fsp3) is 0.0870. The highest BCUT2D eigenvalue weighted by atomic mass is 32.1. The standard InChI is InChI=1S/C23H18N4O5S/c1-13-12-17(28)27-18(20(29)25-15-6-4-3-5-7-15)19(33-23(27)24-13)21(30)26-16-10-8-14(9-11-16)22(31)32-2/h3-12H,1-2H3,(H,25,29)(H,26,30). The van der Waals surface area contributed by atoms with Gasteiger partial charge in [0.1, 0.15) is 10.6 Å². The Morgan fingerprint density at radius 1 is 0.939 bits per heavy atom. The SMILES string of the molecule is COC(=O)c1ccc(NC(=O)c2sc3nc(C)cc(=O)n3c2C(=O)Nc2ccccc2)cc1. The highest BCUT2D eigenvalue weighted by Crippen LogP contribution is 2.24. The maximum absolute atomic E-state index is 13.1. The van der Waals surface area contributed by atoms with Crippen LogP contribution in [0.1, 0.15) is 36.2 Å². The lowest BCUT2D eigenvalue weighted by molar-refractivity contribution is 0.0600. The number of rotatable bonds is 5. The van der Waals surface area contributed by atoms with Crippen molar-refractivity contribution in [3.8, 4) is 0 Å². The molecule has 0 spiro atoms. The number of hydrogen-bond donors (Lipinski definition) is 2. The Morgan fingerprint density at radius 3 is 2.24 bits per heavy atom. The first-order valence-electron chi connectivity index (χ1n) is 9.76. The molecule has 10 heteroatoms. The first-order chi connectivity index (χ1) is 15.9. The fourth-order valence-electron chi connectivity index (χ4n) is 3.15. The Balaban J connectivity index is 1.73. The molecule has 2 N–H and O–H groups in total. The Bertz CT molecular complexity index is 1430.